The molecule has 20 heavy (non-hydrogen) atoms. The topological polar surface area (TPSA) is 52.6 Å². The molecular weight excluding hydrogens is 256 g/mol. The van der Waals surface area contributed by atoms with Crippen molar-refractivity contribution < 1.29 is 13.6 Å². The zero-order valence-corrected chi connectivity index (χ0v) is 11.1. The van der Waals surface area contributed by atoms with Crippen LogP contribution in [0.2, 0.25) is 0 Å². The summed E-state index contributed by atoms with van der Waals surface area (Å²) in [6, 6.07) is 5.27. The quantitative estimate of drug-likeness (QED) is 0.529. The summed E-state index contributed by atoms with van der Waals surface area (Å²) < 4.78 is 16.4. The maximum atomic E-state index is 11.6. The van der Waals surface area contributed by atoms with Gasteiger partial charge in [0, 0.05) is 16.8 Å². The molecule has 0 bridgehead atoms. The summed E-state index contributed by atoms with van der Waals surface area (Å²) in [6.45, 7) is 3.77. The van der Waals surface area contributed by atoms with Crippen LogP contribution in [-0.4, -0.2) is 6.61 Å². The van der Waals surface area contributed by atoms with Crippen molar-refractivity contribution in [3.8, 4) is 18.1 Å². The van der Waals surface area contributed by atoms with E-state index in [1.54, 1.807) is 0 Å². The molecule has 4 heteroatoms. The molecule has 0 atom stereocenters. The summed E-state index contributed by atoms with van der Waals surface area (Å²) in [5.41, 5.74) is 1.30. The number of fused-ring (bicyclic) bond motifs is 2. The number of benzene rings is 1. The Morgan fingerprint density at radius 1 is 1.20 bits per heavy atom. The summed E-state index contributed by atoms with van der Waals surface area (Å²) in [4.78, 5) is 11.6. The average molecular weight is 268 g/mol. The Kier molecular flexibility index (Phi) is 2.76. The molecule has 3 aromatic rings. The summed E-state index contributed by atoms with van der Waals surface area (Å²) >= 11 is 0. The van der Waals surface area contributed by atoms with Gasteiger partial charge in [-0.3, -0.25) is 0 Å². The zero-order chi connectivity index (χ0) is 14.3. The Morgan fingerprint density at radius 2 is 2.00 bits per heavy atom. The van der Waals surface area contributed by atoms with E-state index in [0.717, 1.165) is 22.1 Å². The minimum absolute atomic E-state index is 0.0750. The van der Waals surface area contributed by atoms with Crippen LogP contribution in [0, 0.1) is 26.2 Å². The Hall–Kier alpha value is -2.67. The van der Waals surface area contributed by atoms with Crippen LogP contribution in [0.15, 0.2) is 31.8 Å². The Balaban J connectivity index is 2.47. The van der Waals surface area contributed by atoms with Crippen molar-refractivity contribution in [1.29, 1.82) is 0 Å². The highest BCUT2D eigenvalue weighted by Crippen LogP contribution is 2.37. The highest BCUT2D eigenvalue weighted by atomic mass is 16.5. The summed E-state index contributed by atoms with van der Waals surface area (Å²) in [5, 5.41) is 1.70. The van der Waals surface area contributed by atoms with Crippen LogP contribution in [-0.2, 0) is 0 Å². The zero-order valence-electron chi connectivity index (χ0n) is 11.1. The molecule has 3 rings (SSSR count). The normalized spacial score (nSPS) is 10.8. The van der Waals surface area contributed by atoms with Crippen molar-refractivity contribution in [2.75, 3.05) is 6.61 Å². The molecule has 0 saturated carbocycles. The van der Waals surface area contributed by atoms with E-state index in [2.05, 4.69) is 5.92 Å². The molecule has 0 fully saturated rings. The molecule has 0 aliphatic heterocycles. The van der Waals surface area contributed by atoms with Gasteiger partial charge in [-0.15, -0.1) is 6.42 Å². The van der Waals surface area contributed by atoms with E-state index in [1.807, 2.05) is 26.0 Å². The van der Waals surface area contributed by atoms with Crippen LogP contribution in [0.25, 0.3) is 21.9 Å². The number of furan rings is 1. The monoisotopic (exact) mass is 268 g/mol. The van der Waals surface area contributed by atoms with E-state index >= 15 is 0 Å². The van der Waals surface area contributed by atoms with Gasteiger partial charge in [0.15, 0.2) is 11.2 Å². The van der Waals surface area contributed by atoms with Gasteiger partial charge in [0.2, 0.25) is 5.75 Å². The maximum absolute atomic E-state index is 11.6. The van der Waals surface area contributed by atoms with Gasteiger partial charge in [0.25, 0.3) is 0 Å². The fourth-order valence-corrected chi connectivity index (χ4v) is 2.29. The van der Waals surface area contributed by atoms with Crippen LogP contribution in [0.1, 0.15) is 11.3 Å². The van der Waals surface area contributed by atoms with Gasteiger partial charge >= 0.3 is 5.63 Å². The molecule has 100 valence electrons. The molecule has 0 saturated heterocycles. The average Bonchev–Trinajstić information content (AvgIpc) is 2.75. The molecule has 0 radical (unpaired) electrons. The van der Waals surface area contributed by atoms with E-state index in [-0.39, 0.29) is 6.61 Å². The van der Waals surface area contributed by atoms with Crippen molar-refractivity contribution in [1.82, 2.24) is 0 Å². The molecule has 2 aromatic heterocycles. The van der Waals surface area contributed by atoms with Crippen molar-refractivity contribution >= 4 is 21.9 Å². The molecule has 0 aliphatic carbocycles. The fourth-order valence-electron chi connectivity index (χ4n) is 2.29. The second kappa shape index (κ2) is 4.46. The van der Waals surface area contributed by atoms with Gasteiger partial charge in [-0.2, -0.15) is 0 Å². The Morgan fingerprint density at radius 3 is 2.75 bits per heavy atom. The number of terminal acetylenes is 1. The first kappa shape index (κ1) is 12.4. The molecule has 4 nitrogen and oxygen atoms in total. The lowest BCUT2D eigenvalue weighted by Gasteiger charge is -2.07. The summed E-state index contributed by atoms with van der Waals surface area (Å²) in [7, 11) is 0. The standard InChI is InChI=1S/C16H12O4/c1-4-5-18-16-14-11(7-10(3)19-14)8-12-9(2)6-13(17)20-15(12)16/h1,6-8H,5H2,2-3H3. The van der Waals surface area contributed by atoms with E-state index in [4.69, 9.17) is 20.0 Å². The third-order valence-corrected chi connectivity index (χ3v) is 3.10. The van der Waals surface area contributed by atoms with Crippen molar-refractivity contribution in [3.63, 3.8) is 0 Å². The van der Waals surface area contributed by atoms with Gasteiger partial charge in [0.05, 0.1) is 0 Å². The number of aryl methyl sites for hydroxylation is 2. The van der Waals surface area contributed by atoms with Gasteiger partial charge in [-0.1, -0.05) is 5.92 Å². The van der Waals surface area contributed by atoms with Crippen LogP contribution < -0.4 is 10.4 Å². The van der Waals surface area contributed by atoms with E-state index < -0.39 is 5.63 Å². The lowest BCUT2D eigenvalue weighted by atomic mass is 10.1. The molecular formula is C16H12O4. The minimum Gasteiger partial charge on any atom is -0.473 e. The molecule has 0 unspecified atom stereocenters. The third-order valence-electron chi connectivity index (χ3n) is 3.10. The molecule has 0 aliphatic rings. The third kappa shape index (κ3) is 1.84. The summed E-state index contributed by atoms with van der Waals surface area (Å²) in [6.07, 6.45) is 5.23. The Bertz CT molecular complexity index is 906. The first-order valence-corrected chi connectivity index (χ1v) is 6.14. The van der Waals surface area contributed by atoms with Crippen LogP contribution in [0.4, 0.5) is 0 Å². The number of hydrogen-bond acceptors (Lipinski definition) is 4. The lowest BCUT2D eigenvalue weighted by molar-refractivity contribution is 0.362. The van der Waals surface area contributed by atoms with Gasteiger partial charge < -0.3 is 13.6 Å². The number of rotatable bonds is 2. The molecule has 2 heterocycles. The van der Waals surface area contributed by atoms with Crippen LogP contribution in [0.5, 0.6) is 5.75 Å². The predicted octanol–water partition coefficient (Wildman–Crippen LogP) is 3.17. The largest absolute Gasteiger partial charge is 0.473 e. The van der Waals surface area contributed by atoms with Gasteiger partial charge in [-0.05, 0) is 31.5 Å². The number of ether oxygens (including phenoxy) is 1. The molecule has 0 amide bonds. The smallest absolute Gasteiger partial charge is 0.336 e. The SMILES string of the molecule is C#CCOc1c2oc(C)cc2cc2c(C)cc(=O)oc12. The first-order valence-electron chi connectivity index (χ1n) is 6.14. The van der Waals surface area contributed by atoms with Crippen LogP contribution >= 0.6 is 0 Å². The maximum Gasteiger partial charge on any atom is 0.336 e. The first-order chi connectivity index (χ1) is 9.60. The van der Waals surface area contributed by atoms with Crippen molar-refractivity contribution in [3.05, 3.63) is 39.9 Å². The number of hydrogen-bond donors (Lipinski definition) is 0. The van der Waals surface area contributed by atoms with E-state index in [0.29, 0.717) is 16.9 Å². The van der Waals surface area contributed by atoms with Crippen LogP contribution in [0.3, 0.4) is 0 Å². The highest BCUT2D eigenvalue weighted by Gasteiger charge is 2.17. The molecule has 0 spiro atoms. The fraction of sp³-hybridized carbons (Fsp3) is 0.188. The summed E-state index contributed by atoms with van der Waals surface area (Å²) in [5.74, 6) is 3.53. The van der Waals surface area contributed by atoms with Crippen molar-refractivity contribution in [2.45, 2.75) is 13.8 Å². The second-order valence-corrected chi connectivity index (χ2v) is 4.60. The predicted molar refractivity (Wildman–Crippen MR) is 76.1 cm³/mol. The second-order valence-electron chi connectivity index (χ2n) is 4.60. The Labute approximate surface area is 114 Å². The lowest BCUT2D eigenvalue weighted by Crippen LogP contribution is -2.01. The molecule has 1 aromatic carbocycles. The van der Waals surface area contributed by atoms with E-state index in [9.17, 15) is 4.79 Å². The van der Waals surface area contributed by atoms with E-state index in [1.165, 1.54) is 6.07 Å². The van der Waals surface area contributed by atoms with Crippen molar-refractivity contribution in [2.24, 2.45) is 0 Å². The minimum atomic E-state index is -0.428. The van der Waals surface area contributed by atoms with Gasteiger partial charge in [-0.25, -0.2) is 4.79 Å². The highest BCUT2D eigenvalue weighted by molar-refractivity contribution is 6.01. The van der Waals surface area contributed by atoms with Gasteiger partial charge in [0.1, 0.15) is 12.4 Å². The molecule has 0 N–H and O–H groups in total.